The monoisotopic (exact) mass is 358 g/mol. The Bertz CT molecular complexity index is 564. The lowest BCUT2D eigenvalue weighted by molar-refractivity contribution is -0.134. The van der Waals surface area contributed by atoms with Crippen LogP contribution >= 0.6 is 23.1 Å². The zero-order valence-electron chi connectivity index (χ0n) is 13.5. The van der Waals surface area contributed by atoms with Crippen molar-refractivity contribution in [1.29, 1.82) is 0 Å². The van der Waals surface area contributed by atoms with E-state index >= 15 is 0 Å². The summed E-state index contributed by atoms with van der Waals surface area (Å²) in [5.74, 6) is -0.567. The number of likely N-dealkylation sites (tertiary alicyclic amines) is 1. The number of hydrogen-bond donors (Lipinski definition) is 1. The molecule has 0 radical (unpaired) electrons. The van der Waals surface area contributed by atoms with E-state index in [4.69, 9.17) is 10.5 Å². The standard InChI is InChI=1S/C14H22N4O3S2/c1-8(2)21-13-16-17-14(23-13)22-9(3)12(20)18-6-4-5-10(7-18)11(15)19/h8-10H,4-7H2,1-3H3,(H2,15,19)/t9-,10-/m0/s1. The summed E-state index contributed by atoms with van der Waals surface area (Å²) in [6, 6.07) is 0. The van der Waals surface area contributed by atoms with Gasteiger partial charge < -0.3 is 15.4 Å². The number of ether oxygens (including phenoxy) is 1. The quantitative estimate of drug-likeness (QED) is 0.774. The molecule has 2 amide bonds. The highest BCUT2D eigenvalue weighted by Gasteiger charge is 2.30. The van der Waals surface area contributed by atoms with Crippen molar-refractivity contribution in [3.05, 3.63) is 0 Å². The van der Waals surface area contributed by atoms with Gasteiger partial charge in [-0.2, -0.15) is 0 Å². The fourth-order valence-corrected chi connectivity index (χ4v) is 4.40. The van der Waals surface area contributed by atoms with Gasteiger partial charge in [0.25, 0.3) is 5.19 Å². The minimum atomic E-state index is -0.331. The maximum absolute atomic E-state index is 12.5. The first-order chi connectivity index (χ1) is 10.9. The Labute approximate surface area is 144 Å². The highest BCUT2D eigenvalue weighted by atomic mass is 32.2. The third-order valence-electron chi connectivity index (χ3n) is 3.49. The van der Waals surface area contributed by atoms with Gasteiger partial charge in [0, 0.05) is 13.1 Å². The van der Waals surface area contributed by atoms with Gasteiger partial charge in [0.1, 0.15) is 0 Å². The zero-order chi connectivity index (χ0) is 17.0. The van der Waals surface area contributed by atoms with Crippen molar-refractivity contribution in [2.75, 3.05) is 13.1 Å². The predicted molar refractivity (Wildman–Crippen MR) is 89.5 cm³/mol. The molecule has 2 N–H and O–H groups in total. The zero-order valence-corrected chi connectivity index (χ0v) is 15.2. The molecule has 0 spiro atoms. The molecular formula is C14H22N4O3S2. The van der Waals surface area contributed by atoms with Gasteiger partial charge in [0.2, 0.25) is 11.8 Å². The van der Waals surface area contributed by atoms with Crippen molar-refractivity contribution in [2.24, 2.45) is 11.7 Å². The van der Waals surface area contributed by atoms with E-state index in [2.05, 4.69) is 10.2 Å². The highest BCUT2D eigenvalue weighted by Crippen LogP contribution is 2.31. The van der Waals surface area contributed by atoms with Crippen molar-refractivity contribution >= 4 is 34.9 Å². The molecule has 1 saturated heterocycles. The average Bonchev–Trinajstić information content (AvgIpc) is 2.92. The second kappa shape index (κ2) is 7.96. The number of carbonyl (C=O) groups is 2. The summed E-state index contributed by atoms with van der Waals surface area (Å²) < 4.78 is 6.18. The van der Waals surface area contributed by atoms with Crippen LogP contribution in [0.25, 0.3) is 0 Å². The fraction of sp³-hybridized carbons (Fsp3) is 0.714. The van der Waals surface area contributed by atoms with Crippen molar-refractivity contribution < 1.29 is 14.3 Å². The predicted octanol–water partition coefficient (Wildman–Crippen LogP) is 1.53. The van der Waals surface area contributed by atoms with Crippen LogP contribution in [-0.2, 0) is 9.59 Å². The Balaban J connectivity index is 1.91. The van der Waals surface area contributed by atoms with Crippen LogP contribution in [0.4, 0.5) is 0 Å². The molecule has 2 atom stereocenters. The first-order valence-corrected chi connectivity index (χ1v) is 9.31. The van der Waals surface area contributed by atoms with Crippen LogP contribution in [0.1, 0.15) is 33.6 Å². The number of thioether (sulfide) groups is 1. The number of amides is 2. The van der Waals surface area contributed by atoms with E-state index in [-0.39, 0.29) is 29.1 Å². The Hall–Kier alpha value is -1.35. The number of piperidine rings is 1. The number of aromatic nitrogens is 2. The largest absolute Gasteiger partial charge is 0.466 e. The summed E-state index contributed by atoms with van der Waals surface area (Å²) in [7, 11) is 0. The molecule has 0 bridgehead atoms. The molecule has 2 rings (SSSR count). The van der Waals surface area contributed by atoms with Gasteiger partial charge in [0.05, 0.1) is 17.3 Å². The lowest BCUT2D eigenvalue weighted by atomic mass is 9.97. The molecule has 0 aliphatic carbocycles. The Kier molecular flexibility index (Phi) is 6.23. The molecule has 0 unspecified atom stereocenters. The number of rotatable bonds is 6. The molecule has 1 aliphatic rings. The molecule has 0 saturated carbocycles. The van der Waals surface area contributed by atoms with Gasteiger partial charge in [-0.1, -0.05) is 16.9 Å². The van der Waals surface area contributed by atoms with E-state index in [0.29, 0.717) is 22.6 Å². The smallest absolute Gasteiger partial charge is 0.295 e. The Morgan fingerprint density at radius 2 is 2.13 bits per heavy atom. The molecular weight excluding hydrogens is 336 g/mol. The second-order valence-corrected chi connectivity index (χ2v) is 8.31. The van der Waals surface area contributed by atoms with Crippen LogP contribution in [0.2, 0.25) is 0 Å². The number of hydrogen-bond acceptors (Lipinski definition) is 7. The van der Waals surface area contributed by atoms with Crippen molar-refractivity contribution in [3.8, 4) is 5.19 Å². The SMILES string of the molecule is CC(C)Oc1nnc(S[C@@H](C)C(=O)N2CCC[C@H](C(N)=O)C2)s1. The van der Waals surface area contributed by atoms with E-state index in [1.54, 1.807) is 4.90 Å². The minimum Gasteiger partial charge on any atom is -0.466 e. The number of carbonyl (C=O) groups excluding carboxylic acids is 2. The van der Waals surface area contributed by atoms with E-state index in [0.717, 1.165) is 12.8 Å². The fourth-order valence-electron chi connectivity index (χ4n) is 2.36. The van der Waals surface area contributed by atoms with E-state index in [1.165, 1.54) is 23.1 Å². The van der Waals surface area contributed by atoms with E-state index < -0.39 is 0 Å². The topological polar surface area (TPSA) is 98.4 Å². The van der Waals surface area contributed by atoms with Crippen LogP contribution < -0.4 is 10.5 Å². The molecule has 0 aromatic carbocycles. The van der Waals surface area contributed by atoms with E-state index in [9.17, 15) is 9.59 Å². The van der Waals surface area contributed by atoms with Gasteiger partial charge in [-0.15, -0.1) is 5.10 Å². The Morgan fingerprint density at radius 3 is 2.78 bits per heavy atom. The lowest BCUT2D eigenvalue weighted by Crippen LogP contribution is -2.46. The number of nitrogens with two attached hydrogens (primary N) is 1. The van der Waals surface area contributed by atoms with Gasteiger partial charge in [0.15, 0.2) is 4.34 Å². The van der Waals surface area contributed by atoms with Crippen LogP contribution in [0, 0.1) is 5.92 Å². The lowest BCUT2D eigenvalue weighted by Gasteiger charge is -2.32. The third kappa shape index (κ3) is 5.07. The molecule has 1 aromatic rings. The molecule has 23 heavy (non-hydrogen) atoms. The number of nitrogens with zero attached hydrogens (tertiary/aromatic N) is 3. The summed E-state index contributed by atoms with van der Waals surface area (Å²) in [6.45, 7) is 6.77. The third-order valence-corrected chi connectivity index (χ3v) is 5.47. The average molecular weight is 358 g/mol. The van der Waals surface area contributed by atoms with Gasteiger partial charge in [-0.3, -0.25) is 9.59 Å². The van der Waals surface area contributed by atoms with Crippen LogP contribution in [-0.4, -0.2) is 51.4 Å². The van der Waals surface area contributed by atoms with Gasteiger partial charge in [-0.05, 0) is 44.9 Å². The molecule has 9 heteroatoms. The van der Waals surface area contributed by atoms with Gasteiger partial charge >= 0.3 is 0 Å². The Morgan fingerprint density at radius 1 is 1.39 bits per heavy atom. The number of primary amides is 1. The first-order valence-electron chi connectivity index (χ1n) is 7.61. The second-order valence-electron chi connectivity index (χ2n) is 5.79. The molecule has 1 fully saturated rings. The summed E-state index contributed by atoms with van der Waals surface area (Å²) >= 11 is 2.69. The van der Waals surface area contributed by atoms with Gasteiger partial charge in [-0.25, -0.2) is 0 Å². The van der Waals surface area contributed by atoms with Crippen LogP contribution in [0.5, 0.6) is 5.19 Å². The highest BCUT2D eigenvalue weighted by molar-refractivity contribution is 8.02. The molecule has 2 heterocycles. The summed E-state index contributed by atoms with van der Waals surface area (Å²) in [5, 5.41) is 8.22. The molecule has 7 nitrogen and oxygen atoms in total. The van der Waals surface area contributed by atoms with Crippen LogP contribution in [0.3, 0.4) is 0 Å². The first kappa shape index (κ1) is 18.0. The maximum atomic E-state index is 12.5. The summed E-state index contributed by atoms with van der Waals surface area (Å²) in [5.41, 5.74) is 5.36. The normalized spacial score (nSPS) is 19.7. The van der Waals surface area contributed by atoms with Crippen molar-refractivity contribution in [2.45, 2.75) is 49.3 Å². The molecule has 1 aromatic heterocycles. The van der Waals surface area contributed by atoms with E-state index in [1.807, 2.05) is 20.8 Å². The van der Waals surface area contributed by atoms with Crippen molar-refractivity contribution in [1.82, 2.24) is 15.1 Å². The van der Waals surface area contributed by atoms with Crippen LogP contribution in [0.15, 0.2) is 4.34 Å². The van der Waals surface area contributed by atoms with Crippen molar-refractivity contribution in [3.63, 3.8) is 0 Å². The summed E-state index contributed by atoms with van der Waals surface area (Å²) in [4.78, 5) is 25.6. The summed E-state index contributed by atoms with van der Waals surface area (Å²) in [6.07, 6.45) is 1.61. The molecule has 128 valence electrons. The molecule has 1 aliphatic heterocycles. The maximum Gasteiger partial charge on any atom is 0.295 e. The minimum absolute atomic E-state index is 0.00229.